The zero-order valence-electron chi connectivity index (χ0n) is 12.2. The minimum Gasteiger partial charge on any atom is -0.336 e. The van der Waals surface area contributed by atoms with E-state index in [1.807, 2.05) is 0 Å². The highest BCUT2D eigenvalue weighted by Gasteiger charge is 2.34. The fourth-order valence-electron chi connectivity index (χ4n) is 3.16. The van der Waals surface area contributed by atoms with Crippen molar-refractivity contribution in [1.29, 1.82) is 0 Å². The highest BCUT2D eigenvalue weighted by molar-refractivity contribution is 7.91. The zero-order valence-corrected chi connectivity index (χ0v) is 13.1. The van der Waals surface area contributed by atoms with Gasteiger partial charge < -0.3 is 4.90 Å². The maximum Gasteiger partial charge on any atom is 0.256 e. The molecule has 2 fully saturated rings. The van der Waals surface area contributed by atoms with Crippen LogP contribution in [0.4, 0.5) is 4.39 Å². The van der Waals surface area contributed by atoms with Crippen molar-refractivity contribution < 1.29 is 17.6 Å². The third-order valence-electron chi connectivity index (χ3n) is 4.43. The van der Waals surface area contributed by atoms with Crippen molar-refractivity contribution in [2.75, 3.05) is 37.7 Å². The molecular formula is C15H19FN2O3S. The van der Waals surface area contributed by atoms with E-state index in [-0.39, 0.29) is 29.0 Å². The molecule has 0 radical (unpaired) electrons. The van der Waals surface area contributed by atoms with Gasteiger partial charge in [-0.1, -0.05) is 12.1 Å². The summed E-state index contributed by atoms with van der Waals surface area (Å²) in [5.41, 5.74) is 0.0967. The molecule has 0 N–H and O–H groups in total. The van der Waals surface area contributed by atoms with Crippen LogP contribution in [0.1, 0.15) is 16.8 Å². The van der Waals surface area contributed by atoms with Gasteiger partial charge in [0, 0.05) is 32.2 Å². The van der Waals surface area contributed by atoms with Gasteiger partial charge in [0.15, 0.2) is 9.84 Å². The van der Waals surface area contributed by atoms with Crippen LogP contribution in [0.2, 0.25) is 0 Å². The molecule has 2 aliphatic rings. The minimum absolute atomic E-state index is 0.0655. The van der Waals surface area contributed by atoms with Crippen LogP contribution in [0.3, 0.4) is 0 Å². The summed E-state index contributed by atoms with van der Waals surface area (Å²) < 4.78 is 36.8. The zero-order chi connectivity index (χ0) is 15.7. The lowest BCUT2D eigenvalue weighted by Crippen LogP contribution is -2.52. The van der Waals surface area contributed by atoms with Crippen molar-refractivity contribution in [2.45, 2.75) is 12.5 Å². The molecule has 1 unspecified atom stereocenters. The average molecular weight is 326 g/mol. The van der Waals surface area contributed by atoms with Crippen LogP contribution in [-0.2, 0) is 9.84 Å². The quantitative estimate of drug-likeness (QED) is 0.805. The number of amides is 1. The molecule has 2 aliphatic heterocycles. The Morgan fingerprint density at radius 3 is 2.41 bits per heavy atom. The molecule has 0 spiro atoms. The highest BCUT2D eigenvalue weighted by atomic mass is 32.2. The van der Waals surface area contributed by atoms with Crippen LogP contribution < -0.4 is 0 Å². The van der Waals surface area contributed by atoms with Gasteiger partial charge in [0.25, 0.3) is 5.91 Å². The summed E-state index contributed by atoms with van der Waals surface area (Å²) in [5, 5.41) is 0. The van der Waals surface area contributed by atoms with Crippen LogP contribution in [-0.4, -0.2) is 67.9 Å². The van der Waals surface area contributed by atoms with E-state index in [1.54, 1.807) is 17.0 Å². The molecule has 0 saturated carbocycles. The summed E-state index contributed by atoms with van der Waals surface area (Å²) in [6.45, 7) is 2.29. The number of hydrogen-bond donors (Lipinski definition) is 0. The number of benzene rings is 1. The molecule has 0 aliphatic carbocycles. The van der Waals surface area contributed by atoms with Gasteiger partial charge in [-0.05, 0) is 18.6 Å². The summed E-state index contributed by atoms with van der Waals surface area (Å²) in [6.07, 6.45) is 0.670. The molecule has 0 bridgehead atoms. The second kappa shape index (κ2) is 5.96. The first-order chi connectivity index (χ1) is 10.5. The van der Waals surface area contributed by atoms with Gasteiger partial charge in [0.05, 0.1) is 17.1 Å². The SMILES string of the molecule is O=C(c1ccccc1F)N1CCN(C2CCS(=O)(=O)C2)CC1. The molecule has 1 aromatic carbocycles. The van der Waals surface area contributed by atoms with Crippen LogP contribution in [0.25, 0.3) is 0 Å². The standard InChI is InChI=1S/C15H19FN2O3S/c16-14-4-2-1-3-13(14)15(19)18-8-6-17(7-9-18)12-5-10-22(20,21)11-12/h1-4,12H,5-11H2. The molecule has 0 aromatic heterocycles. The van der Waals surface area contributed by atoms with Gasteiger partial charge in [-0.15, -0.1) is 0 Å². The van der Waals surface area contributed by atoms with Crippen LogP contribution in [0, 0.1) is 5.82 Å². The van der Waals surface area contributed by atoms with E-state index in [4.69, 9.17) is 0 Å². The van der Waals surface area contributed by atoms with Gasteiger partial charge in [-0.3, -0.25) is 9.69 Å². The Morgan fingerprint density at radius 1 is 1.14 bits per heavy atom. The largest absolute Gasteiger partial charge is 0.336 e. The summed E-state index contributed by atoms with van der Waals surface area (Å²) in [7, 11) is -2.90. The molecule has 2 heterocycles. The minimum atomic E-state index is -2.90. The fourth-order valence-corrected chi connectivity index (χ4v) is 4.92. The normalized spacial score (nSPS) is 25.3. The van der Waals surface area contributed by atoms with E-state index in [0.717, 1.165) is 0 Å². The van der Waals surface area contributed by atoms with Crippen LogP contribution >= 0.6 is 0 Å². The third kappa shape index (κ3) is 3.15. The van der Waals surface area contributed by atoms with E-state index in [1.165, 1.54) is 12.1 Å². The van der Waals surface area contributed by atoms with E-state index in [9.17, 15) is 17.6 Å². The van der Waals surface area contributed by atoms with E-state index in [0.29, 0.717) is 32.6 Å². The van der Waals surface area contributed by atoms with E-state index < -0.39 is 15.7 Å². The Hall–Kier alpha value is -1.47. The first-order valence-electron chi connectivity index (χ1n) is 7.44. The Morgan fingerprint density at radius 2 is 1.82 bits per heavy atom. The molecule has 3 rings (SSSR count). The number of carbonyl (C=O) groups is 1. The molecular weight excluding hydrogens is 307 g/mol. The van der Waals surface area contributed by atoms with Crippen LogP contribution in [0.15, 0.2) is 24.3 Å². The molecule has 2 saturated heterocycles. The molecule has 1 atom stereocenters. The van der Waals surface area contributed by atoms with Crippen molar-refractivity contribution in [3.05, 3.63) is 35.6 Å². The third-order valence-corrected chi connectivity index (χ3v) is 6.18. The number of piperazine rings is 1. The Labute approximate surface area is 129 Å². The number of nitrogens with zero attached hydrogens (tertiary/aromatic N) is 2. The smallest absolute Gasteiger partial charge is 0.256 e. The number of sulfone groups is 1. The van der Waals surface area contributed by atoms with Gasteiger partial charge in [0.1, 0.15) is 5.82 Å². The lowest BCUT2D eigenvalue weighted by molar-refractivity contribution is 0.0583. The summed E-state index contributed by atoms with van der Waals surface area (Å²) >= 11 is 0. The Balaban J connectivity index is 1.60. The lowest BCUT2D eigenvalue weighted by atomic mass is 10.1. The molecule has 7 heteroatoms. The number of halogens is 1. The van der Waals surface area contributed by atoms with Crippen molar-refractivity contribution in [3.63, 3.8) is 0 Å². The van der Waals surface area contributed by atoms with Crippen molar-refractivity contribution in [2.24, 2.45) is 0 Å². The highest BCUT2D eigenvalue weighted by Crippen LogP contribution is 2.20. The predicted molar refractivity (Wildman–Crippen MR) is 80.9 cm³/mol. The second-order valence-electron chi connectivity index (χ2n) is 5.86. The number of rotatable bonds is 2. The van der Waals surface area contributed by atoms with Crippen LogP contribution in [0.5, 0.6) is 0 Å². The topological polar surface area (TPSA) is 57.7 Å². The molecule has 1 aromatic rings. The lowest BCUT2D eigenvalue weighted by Gasteiger charge is -2.37. The van der Waals surface area contributed by atoms with E-state index >= 15 is 0 Å². The average Bonchev–Trinajstić information content (AvgIpc) is 2.87. The molecule has 22 heavy (non-hydrogen) atoms. The van der Waals surface area contributed by atoms with Crippen molar-refractivity contribution in [3.8, 4) is 0 Å². The number of hydrogen-bond acceptors (Lipinski definition) is 4. The molecule has 1 amide bonds. The fraction of sp³-hybridized carbons (Fsp3) is 0.533. The van der Waals surface area contributed by atoms with E-state index in [2.05, 4.69) is 4.90 Å². The van der Waals surface area contributed by atoms with Gasteiger partial charge in [0.2, 0.25) is 0 Å². The maximum absolute atomic E-state index is 13.7. The summed E-state index contributed by atoms with van der Waals surface area (Å²) in [5.74, 6) is -0.325. The second-order valence-corrected chi connectivity index (χ2v) is 8.09. The summed E-state index contributed by atoms with van der Waals surface area (Å²) in [4.78, 5) is 16.1. The molecule has 5 nitrogen and oxygen atoms in total. The first-order valence-corrected chi connectivity index (χ1v) is 9.27. The van der Waals surface area contributed by atoms with Gasteiger partial charge in [-0.25, -0.2) is 12.8 Å². The Bertz CT molecular complexity index is 669. The summed E-state index contributed by atoms with van der Waals surface area (Å²) in [6, 6.07) is 6.05. The van der Waals surface area contributed by atoms with Gasteiger partial charge >= 0.3 is 0 Å². The monoisotopic (exact) mass is 326 g/mol. The maximum atomic E-state index is 13.7. The first kappa shape index (κ1) is 15.4. The molecule has 120 valence electrons. The van der Waals surface area contributed by atoms with Gasteiger partial charge in [-0.2, -0.15) is 0 Å². The van der Waals surface area contributed by atoms with Crippen molar-refractivity contribution >= 4 is 15.7 Å². The van der Waals surface area contributed by atoms with Crippen molar-refractivity contribution in [1.82, 2.24) is 9.80 Å². The number of carbonyl (C=O) groups excluding carboxylic acids is 1. The predicted octanol–water partition coefficient (Wildman–Crippen LogP) is 0.771. The Kier molecular flexibility index (Phi) is 4.18.